The van der Waals surface area contributed by atoms with Crippen LogP contribution in [-0.2, 0) is 17.1 Å². The fraction of sp³-hybridized carbons (Fsp3) is 0.130. The Morgan fingerprint density at radius 1 is 1.00 bits per heavy atom. The lowest BCUT2D eigenvalue weighted by molar-refractivity contribution is 0.0998. The Bertz CT molecular complexity index is 1540. The number of carbonyl (C=O) groups excluding carboxylic acids is 1. The van der Waals surface area contributed by atoms with Crippen molar-refractivity contribution in [3.63, 3.8) is 0 Å². The number of fused-ring (bicyclic) bond motifs is 1. The number of halogens is 1. The average Bonchev–Trinajstić information content (AvgIpc) is 3.12. The van der Waals surface area contributed by atoms with E-state index in [2.05, 4.69) is 9.71 Å². The fourth-order valence-corrected chi connectivity index (χ4v) is 5.31. The summed E-state index contributed by atoms with van der Waals surface area (Å²) < 4.78 is 53.7. The first-order valence-electron chi connectivity index (χ1n) is 9.91. The highest BCUT2D eigenvalue weighted by Gasteiger charge is 2.15. The summed E-state index contributed by atoms with van der Waals surface area (Å²) in [5.41, 5.74) is 1.38. The zero-order chi connectivity index (χ0) is 24.5. The molecule has 4 aromatic rings. The molecule has 176 valence electrons. The number of aromatic nitrogens is 1. The van der Waals surface area contributed by atoms with Gasteiger partial charge in [0.25, 0.3) is 15.9 Å². The van der Waals surface area contributed by atoms with Gasteiger partial charge in [0.05, 0.1) is 29.3 Å². The van der Waals surface area contributed by atoms with Gasteiger partial charge in [0.2, 0.25) is 0 Å². The van der Waals surface area contributed by atoms with Crippen LogP contribution in [-0.4, -0.2) is 33.1 Å². The molecule has 0 aliphatic carbocycles. The summed E-state index contributed by atoms with van der Waals surface area (Å²) in [5, 5.41) is 0. The summed E-state index contributed by atoms with van der Waals surface area (Å²) >= 11 is 1.33. The molecule has 1 amide bonds. The molecule has 8 nitrogen and oxygen atoms in total. The molecule has 0 bridgehead atoms. The number of amides is 1. The smallest absolute Gasteiger partial charge is 0.279 e. The van der Waals surface area contributed by atoms with Gasteiger partial charge in [-0.25, -0.2) is 12.8 Å². The minimum atomic E-state index is -3.89. The second kappa shape index (κ2) is 9.27. The first kappa shape index (κ1) is 23.5. The highest BCUT2D eigenvalue weighted by molar-refractivity contribution is 7.92. The zero-order valence-corrected chi connectivity index (χ0v) is 20.0. The Labute approximate surface area is 199 Å². The van der Waals surface area contributed by atoms with E-state index in [0.29, 0.717) is 16.3 Å². The van der Waals surface area contributed by atoms with Gasteiger partial charge in [0, 0.05) is 30.4 Å². The van der Waals surface area contributed by atoms with E-state index >= 15 is 0 Å². The molecular formula is C23H20FN3O5S2. The van der Waals surface area contributed by atoms with Gasteiger partial charge in [-0.05, 0) is 48.5 Å². The third-order valence-electron chi connectivity index (χ3n) is 5.02. The SMILES string of the molecule is COc1cc2sc(=NC(=O)c3ccc(NS(=O)(=O)c4ccc(F)cc4)cc3)n(C)c2cc1OC. The predicted octanol–water partition coefficient (Wildman–Crippen LogP) is 3.94. The molecule has 1 aromatic heterocycles. The average molecular weight is 502 g/mol. The number of anilines is 1. The van der Waals surface area contributed by atoms with Gasteiger partial charge in [0.15, 0.2) is 16.3 Å². The number of aryl methyl sites for hydroxylation is 1. The second-order valence-electron chi connectivity index (χ2n) is 7.17. The van der Waals surface area contributed by atoms with Crippen molar-refractivity contribution < 1.29 is 27.1 Å². The van der Waals surface area contributed by atoms with Crippen molar-refractivity contribution in [2.24, 2.45) is 12.0 Å². The monoisotopic (exact) mass is 501 g/mol. The number of hydrogen-bond acceptors (Lipinski definition) is 6. The maximum Gasteiger partial charge on any atom is 0.279 e. The summed E-state index contributed by atoms with van der Waals surface area (Å²) in [6.45, 7) is 0. The molecule has 0 aliphatic rings. The molecule has 0 radical (unpaired) electrons. The Kier molecular flexibility index (Phi) is 6.40. The van der Waals surface area contributed by atoms with Crippen molar-refractivity contribution in [1.29, 1.82) is 0 Å². The van der Waals surface area contributed by atoms with Crippen LogP contribution in [0, 0.1) is 5.82 Å². The number of methoxy groups -OCH3 is 2. The van der Waals surface area contributed by atoms with Crippen LogP contribution in [0.4, 0.5) is 10.1 Å². The molecule has 0 saturated carbocycles. The highest BCUT2D eigenvalue weighted by Crippen LogP contribution is 2.33. The van der Waals surface area contributed by atoms with Gasteiger partial charge in [-0.15, -0.1) is 0 Å². The zero-order valence-electron chi connectivity index (χ0n) is 18.4. The van der Waals surface area contributed by atoms with Crippen LogP contribution in [0.15, 0.2) is 70.6 Å². The largest absolute Gasteiger partial charge is 0.493 e. The van der Waals surface area contributed by atoms with Crippen LogP contribution in [0.25, 0.3) is 10.2 Å². The van der Waals surface area contributed by atoms with Crippen LogP contribution in [0.5, 0.6) is 11.5 Å². The number of thiazole rings is 1. The maximum absolute atomic E-state index is 13.1. The lowest BCUT2D eigenvalue weighted by Crippen LogP contribution is -2.14. The van der Waals surface area contributed by atoms with Crippen molar-refractivity contribution in [2.45, 2.75) is 4.90 Å². The van der Waals surface area contributed by atoms with E-state index < -0.39 is 21.7 Å². The number of hydrogen-bond donors (Lipinski definition) is 1. The number of carbonyl (C=O) groups is 1. The number of nitrogens with zero attached hydrogens (tertiary/aromatic N) is 2. The molecular weight excluding hydrogens is 481 g/mol. The minimum Gasteiger partial charge on any atom is -0.493 e. The standard InChI is InChI=1S/C23H20FN3O5S2/c1-27-18-12-19(31-2)20(32-3)13-21(18)33-23(27)25-22(28)14-4-8-16(9-5-14)26-34(29,30)17-10-6-15(24)7-11-17/h4-13,26H,1-3H3. The Balaban J connectivity index is 1.59. The summed E-state index contributed by atoms with van der Waals surface area (Å²) in [7, 11) is 1.01. The Morgan fingerprint density at radius 3 is 2.24 bits per heavy atom. The van der Waals surface area contributed by atoms with Gasteiger partial charge < -0.3 is 14.0 Å². The summed E-state index contributed by atoms with van der Waals surface area (Å²) in [4.78, 5) is 17.4. The highest BCUT2D eigenvalue weighted by atomic mass is 32.2. The van der Waals surface area contributed by atoms with Gasteiger partial charge in [-0.1, -0.05) is 11.3 Å². The third-order valence-corrected chi connectivity index (χ3v) is 7.51. The van der Waals surface area contributed by atoms with Gasteiger partial charge in [0.1, 0.15) is 5.82 Å². The van der Waals surface area contributed by atoms with Crippen molar-refractivity contribution in [3.05, 3.63) is 76.8 Å². The van der Waals surface area contributed by atoms with Gasteiger partial charge in [-0.3, -0.25) is 9.52 Å². The molecule has 0 fully saturated rings. The number of benzene rings is 3. The quantitative estimate of drug-likeness (QED) is 0.432. The van der Waals surface area contributed by atoms with Crippen molar-refractivity contribution in [2.75, 3.05) is 18.9 Å². The fourth-order valence-electron chi connectivity index (χ4n) is 3.22. The second-order valence-corrected chi connectivity index (χ2v) is 9.86. The topological polar surface area (TPSA) is 99.0 Å². The number of sulfonamides is 1. The Morgan fingerprint density at radius 2 is 1.62 bits per heavy atom. The first-order valence-corrected chi connectivity index (χ1v) is 12.2. The third kappa shape index (κ3) is 4.66. The Hall–Kier alpha value is -3.70. The van der Waals surface area contributed by atoms with E-state index in [1.165, 1.54) is 47.7 Å². The van der Waals surface area contributed by atoms with Crippen LogP contribution in [0.2, 0.25) is 0 Å². The minimum absolute atomic E-state index is 0.0745. The van der Waals surface area contributed by atoms with Gasteiger partial charge >= 0.3 is 0 Å². The van der Waals surface area contributed by atoms with Crippen molar-refractivity contribution >= 4 is 43.2 Å². The molecule has 1 heterocycles. The lowest BCUT2D eigenvalue weighted by Gasteiger charge is -2.08. The molecule has 34 heavy (non-hydrogen) atoms. The molecule has 1 N–H and O–H groups in total. The van der Waals surface area contributed by atoms with E-state index in [1.807, 2.05) is 12.1 Å². The molecule has 0 saturated heterocycles. The number of ether oxygens (including phenoxy) is 2. The first-order chi connectivity index (χ1) is 16.2. The molecule has 0 unspecified atom stereocenters. The van der Waals surface area contributed by atoms with Crippen LogP contribution < -0.4 is 19.0 Å². The number of nitrogens with one attached hydrogen (secondary N) is 1. The number of rotatable bonds is 6. The van der Waals surface area contributed by atoms with E-state index in [9.17, 15) is 17.6 Å². The molecule has 0 spiro atoms. The summed E-state index contributed by atoms with van der Waals surface area (Å²) in [6, 6.07) is 14.0. The maximum atomic E-state index is 13.1. The van der Waals surface area contributed by atoms with E-state index in [4.69, 9.17) is 9.47 Å². The molecule has 11 heteroatoms. The lowest BCUT2D eigenvalue weighted by atomic mass is 10.2. The summed E-state index contributed by atoms with van der Waals surface area (Å²) in [5.74, 6) is 0.137. The van der Waals surface area contributed by atoms with E-state index in [1.54, 1.807) is 25.8 Å². The normalized spacial score (nSPS) is 12.1. The summed E-state index contributed by atoms with van der Waals surface area (Å²) in [6.07, 6.45) is 0. The molecule has 0 atom stereocenters. The van der Waals surface area contributed by atoms with E-state index in [-0.39, 0.29) is 16.1 Å². The molecule has 3 aromatic carbocycles. The van der Waals surface area contributed by atoms with Gasteiger partial charge in [-0.2, -0.15) is 4.99 Å². The molecule has 4 rings (SSSR count). The van der Waals surface area contributed by atoms with Crippen LogP contribution in [0.3, 0.4) is 0 Å². The van der Waals surface area contributed by atoms with Crippen molar-refractivity contribution in [1.82, 2.24) is 4.57 Å². The van der Waals surface area contributed by atoms with Crippen LogP contribution in [0.1, 0.15) is 10.4 Å². The van der Waals surface area contributed by atoms with Crippen molar-refractivity contribution in [3.8, 4) is 11.5 Å². The predicted molar refractivity (Wildman–Crippen MR) is 127 cm³/mol. The molecule has 0 aliphatic heterocycles. The van der Waals surface area contributed by atoms with E-state index in [0.717, 1.165) is 22.3 Å². The van der Waals surface area contributed by atoms with Crippen LogP contribution >= 0.6 is 11.3 Å².